The Morgan fingerprint density at radius 1 is 1.29 bits per heavy atom. The molecule has 14 heavy (non-hydrogen) atoms. The highest BCUT2D eigenvalue weighted by atomic mass is 127. The van der Waals surface area contributed by atoms with Gasteiger partial charge in [-0.25, -0.2) is 0 Å². The Bertz CT molecular complexity index is 368. The molecule has 2 fully saturated rings. The van der Waals surface area contributed by atoms with E-state index in [0.717, 1.165) is 17.5 Å². The highest BCUT2D eigenvalue weighted by molar-refractivity contribution is 14.1. The van der Waals surface area contributed by atoms with Crippen LogP contribution in [0.1, 0.15) is 6.42 Å². The Morgan fingerprint density at radius 2 is 2.00 bits per heavy atom. The van der Waals surface area contributed by atoms with Crippen LogP contribution >= 0.6 is 22.6 Å². The zero-order valence-electron chi connectivity index (χ0n) is 7.91. The summed E-state index contributed by atoms with van der Waals surface area (Å²) in [6.45, 7) is 2.44. The topological polar surface area (TPSA) is 29.3 Å². The van der Waals surface area contributed by atoms with Crippen molar-refractivity contribution in [3.05, 3.63) is 21.8 Å². The summed E-state index contributed by atoms with van der Waals surface area (Å²) in [5.41, 5.74) is 8.18. The molecule has 3 heteroatoms. The maximum atomic E-state index is 6.02. The summed E-state index contributed by atoms with van der Waals surface area (Å²) in [6, 6.07) is 6.35. The molecule has 1 saturated heterocycles. The Labute approximate surface area is 97.6 Å². The fourth-order valence-corrected chi connectivity index (χ4v) is 2.92. The van der Waals surface area contributed by atoms with Crippen molar-refractivity contribution in [3.63, 3.8) is 0 Å². The van der Waals surface area contributed by atoms with Gasteiger partial charge in [-0.1, -0.05) is 0 Å². The lowest BCUT2D eigenvalue weighted by atomic mass is 10.2. The number of nitrogen functional groups attached to an aromatic ring is 1. The van der Waals surface area contributed by atoms with Gasteiger partial charge in [0.25, 0.3) is 0 Å². The molecule has 0 bridgehead atoms. The third-order valence-electron chi connectivity index (χ3n) is 3.31. The van der Waals surface area contributed by atoms with Crippen LogP contribution in [0.4, 0.5) is 11.4 Å². The second-order valence-electron chi connectivity index (χ2n) is 4.36. The van der Waals surface area contributed by atoms with Gasteiger partial charge in [0.2, 0.25) is 0 Å². The van der Waals surface area contributed by atoms with Gasteiger partial charge in [-0.15, -0.1) is 0 Å². The molecule has 0 amide bonds. The molecule has 1 heterocycles. The van der Waals surface area contributed by atoms with Gasteiger partial charge in [-0.2, -0.15) is 0 Å². The highest BCUT2D eigenvalue weighted by Crippen LogP contribution is 2.47. The van der Waals surface area contributed by atoms with Crippen LogP contribution in [0.25, 0.3) is 0 Å². The molecule has 1 aromatic carbocycles. The standard InChI is InChI=1S/C11H13IN2/c12-9-1-2-11(10(13)4-9)14-5-7-3-8(7)6-14/h1-2,4,7-8H,3,5-6,13H2. The van der Waals surface area contributed by atoms with Gasteiger partial charge in [0.05, 0.1) is 11.4 Å². The molecule has 2 unspecified atom stereocenters. The molecule has 2 aliphatic rings. The number of piperidine rings is 1. The van der Waals surface area contributed by atoms with Crippen molar-refractivity contribution in [2.24, 2.45) is 11.8 Å². The maximum Gasteiger partial charge on any atom is 0.0600 e. The number of fused-ring (bicyclic) bond motifs is 1. The summed E-state index contributed by atoms with van der Waals surface area (Å²) < 4.78 is 1.22. The minimum atomic E-state index is 0.929. The van der Waals surface area contributed by atoms with E-state index in [1.165, 1.54) is 28.8 Å². The van der Waals surface area contributed by atoms with Gasteiger partial charge < -0.3 is 10.6 Å². The minimum Gasteiger partial charge on any atom is -0.397 e. The van der Waals surface area contributed by atoms with E-state index >= 15 is 0 Å². The van der Waals surface area contributed by atoms with Crippen LogP contribution in [-0.4, -0.2) is 13.1 Å². The zero-order chi connectivity index (χ0) is 9.71. The molecular weight excluding hydrogens is 287 g/mol. The predicted molar refractivity (Wildman–Crippen MR) is 67.4 cm³/mol. The normalized spacial score (nSPS) is 29.1. The third-order valence-corrected chi connectivity index (χ3v) is 3.98. The minimum absolute atomic E-state index is 0.929. The van der Waals surface area contributed by atoms with Gasteiger partial charge in [0, 0.05) is 16.7 Å². The summed E-state index contributed by atoms with van der Waals surface area (Å²) in [4.78, 5) is 2.43. The monoisotopic (exact) mass is 300 g/mol. The van der Waals surface area contributed by atoms with E-state index in [1.54, 1.807) is 0 Å². The molecule has 1 aliphatic carbocycles. The van der Waals surface area contributed by atoms with Crippen molar-refractivity contribution in [3.8, 4) is 0 Å². The number of nitrogens with zero attached hydrogens (tertiary/aromatic N) is 1. The van der Waals surface area contributed by atoms with Crippen LogP contribution in [0, 0.1) is 15.4 Å². The smallest absolute Gasteiger partial charge is 0.0600 e. The first-order valence-corrected chi connectivity index (χ1v) is 6.12. The highest BCUT2D eigenvalue weighted by Gasteiger charge is 2.45. The number of rotatable bonds is 1. The second-order valence-corrected chi connectivity index (χ2v) is 5.61. The second kappa shape index (κ2) is 3.02. The van der Waals surface area contributed by atoms with Crippen molar-refractivity contribution in [2.45, 2.75) is 6.42 Å². The van der Waals surface area contributed by atoms with Gasteiger partial charge in [-0.05, 0) is 59.0 Å². The largest absolute Gasteiger partial charge is 0.397 e. The molecule has 1 aliphatic heterocycles. The molecule has 3 rings (SSSR count). The van der Waals surface area contributed by atoms with E-state index < -0.39 is 0 Å². The van der Waals surface area contributed by atoms with Gasteiger partial charge >= 0.3 is 0 Å². The SMILES string of the molecule is Nc1cc(I)ccc1N1CC2CC2C1. The summed E-state index contributed by atoms with van der Waals surface area (Å²) in [5, 5.41) is 0. The first-order valence-electron chi connectivity index (χ1n) is 5.04. The van der Waals surface area contributed by atoms with E-state index in [-0.39, 0.29) is 0 Å². The molecule has 74 valence electrons. The Hall–Kier alpha value is -0.450. The lowest BCUT2D eigenvalue weighted by molar-refractivity contribution is 0.821. The van der Waals surface area contributed by atoms with E-state index in [9.17, 15) is 0 Å². The molecule has 1 aromatic rings. The Balaban J connectivity index is 1.88. The quantitative estimate of drug-likeness (QED) is 0.637. The zero-order valence-corrected chi connectivity index (χ0v) is 10.1. The number of anilines is 2. The van der Waals surface area contributed by atoms with Crippen molar-refractivity contribution in [1.82, 2.24) is 0 Å². The predicted octanol–water partition coefficient (Wildman–Crippen LogP) is 2.33. The van der Waals surface area contributed by atoms with Crippen LogP contribution in [0.2, 0.25) is 0 Å². The Kier molecular flexibility index (Phi) is 1.90. The van der Waals surface area contributed by atoms with Crippen molar-refractivity contribution < 1.29 is 0 Å². The molecule has 2 N–H and O–H groups in total. The van der Waals surface area contributed by atoms with Crippen molar-refractivity contribution in [2.75, 3.05) is 23.7 Å². The van der Waals surface area contributed by atoms with Crippen LogP contribution < -0.4 is 10.6 Å². The van der Waals surface area contributed by atoms with Crippen LogP contribution in [0.3, 0.4) is 0 Å². The number of nitrogens with two attached hydrogens (primary N) is 1. The van der Waals surface area contributed by atoms with Gasteiger partial charge in [-0.3, -0.25) is 0 Å². The van der Waals surface area contributed by atoms with Crippen LogP contribution in [0.15, 0.2) is 18.2 Å². The summed E-state index contributed by atoms with van der Waals surface area (Å²) in [5.74, 6) is 1.93. The molecule has 0 radical (unpaired) electrons. The maximum absolute atomic E-state index is 6.02. The number of hydrogen-bond acceptors (Lipinski definition) is 2. The molecule has 0 aromatic heterocycles. The summed E-state index contributed by atoms with van der Waals surface area (Å²) in [7, 11) is 0. The molecule has 1 saturated carbocycles. The van der Waals surface area contributed by atoms with E-state index in [4.69, 9.17) is 5.73 Å². The van der Waals surface area contributed by atoms with Gasteiger partial charge in [0.1, 0.15) is 0 Å². The van der Waals surface area contributed by atoms with Crippen LogP contribution in [0.5, 0.6) is 0 Å². The number of halogens is 1. The molecular formula is C11H13IN2. The average molecular weight is 300 g/mol. The average Bonchev–Trinajstić information content (AvgIpc) is 2.74. The molecule has 2 nitrogen and oxygen atoms in total. The van der Waals surface area contributed by atoms with E-state index in [0.29, 0.717) is 0 Å². The van der Waals surface area contributed by atoms with Gasteiger partial charge in [0.15, 0.2) is 0 Å². The van der Waals surface area contributed by atoms with Crippen LogP contribution in [-0.2, 0) is 0 Å². The fourth-order valence-electron chi connectivity index (χ4n) is 2.41. The lowest BCUT2D eigenvalue weighted by Gasteiger charge is -2.22. The van der Waals surface area contributed by atoms with Crippen molar-refractivity contribution >= 4 is 34.0 Å². The first kappa shape index (κ1) is 8.83. The Morgan fingerprint density at radius 3 is 2.64 bits per heavy atom. The van der Waals surface area contributed by atoms with E-state index in [1.807, 2.05) is 0 Å². The molecule has 2 atom stereocenters. The summed E-state index contributed by atoms with van der Waals surface area (Å²) in [6.07, 6.45) is 1.45. The number of benzene rings is 1. The van der Waals surface area contributed by atoms with Crippen molar-refractivity contribution in [1.29, 1.82) is 0 Å². The van der Waals surface area contributed by atoms with E-state index in [2.05, 4.69) is 45.7 Å². The summed E-state index contributed by atoms with van der Waals surface area (Å²) >= 11 is 2.30. The molecule has 0 spiro atoms. The fraction of sp³-hybridized carbons (Fsp3) is 0.455. The first-order chi connectivity index (χ1) is 6.74. The third kappa shape index (κ3) is 1.38. The lowest BCUT2D eigenvalue weighted by Crippen LogP contribution is -2.22. The number of hydrogen-bond donors (Lipinski definition) is 1.